The molecule has 12 heavy (non-hydrogen) atoms. The van der Waals surface area contributed by atoms with Crippen LogP contribution in [0, 0.1) is 5.41 Å². The number of rotatable bonds is 2. The molecule has 0 amide bonds. The molecule has 2 nitrogen and oxygen atoms in total. The Balaban J connectivity index is 2.52. The van der Waals surface area contributed by atoms with Crippen molar-refractivity contribution in [1.29, 1.82) is 0 Å². The molecule has 1 saturated heterocycles. The van der Waals surface area contributed by atoms with E-state index < -0.39 is 0 Å². The van der Waals surface area contributed by atoms with Gasteiger partial charge in [-0.05, 0) is 13.0 Å². The quantitative estimate of drug-likeness (QED) is 0.627. The minimum atomic E-state index is 0.381. The monoisotopic (exact) mass is 171 g/mol. The van der Waals surface area contributed by atoms with Crippen molar-refractivity contribution in [2.75, 3.05) is 32.8 Å². The summed E-state index contributed by atoms with van der Waals surface area (Å²) in [5.41, 5.74) is 0.381. The summed E-state index contributed by atoms with van der Waals surface area (Å²) in [6, 6.07) is 0. The zero-order chi connectivity index (χ0) is 9.03. The fourth-order valence-electron chi connectivity index (χ4n) is 1.66. The lowest BCUT2D eigenvalue weighted by Gasteiger charge is -2.30. The Labute approximate surface area is 75.9 Å². The predicted octanol–water partition coefficient (Wildman–Crippen LogP) is 1.75. The molecule has 1 aliphatic rings. The number of likely N-dealkylation sites (N-methyl/N-ethyl adjacent to an activating group) is 1. The lowest BCUT2D eigenvalue weighted by atomic mass is 9.88. The lowest BCUT2D eigenvalue weighted by molar-refractivity contribution is 0.0760. The smallest absolute Gasteiger partial charge is 0.0593 e. The van der Waals surface area contributed by atoms with Crippen LogP contribution in [0.25, 0.3) is 0 Å². The van der Waals surface area contributed by atoms with Crippen LogP contribution in [-0.2, 0) is 4.74 Å². The Morgan fingerprint density at radius 1 is 1.42 bits per heavy atom. The fourth-order valence-corrected chi connectivity index (χ4v) is 1.66. The van der Waals surface area contributed by atoms with E-state index in [1.807, 2.05) is 0 Å². The third kappa shape index (κ3) is 2.46. The van der Waals surface area contributed by atoms with Gasteiger partial charge in [-0.2, -0.15) is 0 Å². The SMILES string of the molecule is CCN1CCOC[C@@](C)(CC)C1. The summed E-state index contributed by atoms with van der Waals surface area (Å²) >= 11 is 0. The van der Waals surface area contributed by atoms with Gasteiger partial charge < -0.3 is 9.64 Å². The summed E-state index contributed by atoms with van der Waals surface area (Å²) in [7, 11) is 0. The van der Waals surface area contributed by atoms with Crippen LogP contribution in [0.1, 0.15) is 27.2 Å². The van der Waals surface area contributed by atoms with Crippen molar-refractivity contribution in [3.63, 3.8) is 0 Å². The van der Waals surface area contributed by atoms with Gasteiger partial charge in [0.05, 0.1) is 13.2 Å². The van der Waals surface area contributed by atoms with E-state index >= 15 is 0 Å². The number of hydrogen-bond acceptors (Lipinski definition) is 2. The maximum absolute atomic E-state index is 5.59. The van der Waals surface area contributed by atoms with Gasteiger partial charge in [-0.15, -0.1) is 0 Å². The van der Waals surface area contributed by atoms with E-state index in [0.717, 1.165) is 26.3 Å². The van der Waals surface area contributed by atoms with Crippen LogP contribution in [0.4, 0.5) is 0 Å². The minimum absolute atomic E-state index is 0.381. The summed E-state index contributed by atoms with van der Waals surface area (Å²) in [4.78, 5) is 2.48. The van der Waals surface area contributed by atoms with Crippen LogP contribution in [-0.4, -0.2) is 37.7 Å². The Bertz CT molecular complexity index is 138. The van der Waals surface area contributed by atoms with E-state index in [2.05, 4.69) is 25.7 Å². The molecule has 0 spiro atoms. The van der Waals surface area contributed by atoms with Crippen molar-refractivity contribution in [1.82, 2.24) is 4.90 Å². The second-order valence-corrected chi connectivity index (χ2v) is 4.09. The molecule has 1 heterocycles. The van der Waals surface area contributed by atoms with E-state index in [1.165, 1.54) is 13.0 Å². The maximum Gasteiger partial charge on any atom is 0.0593 e. The van der Waals surface area contributed by atoms with Crippen molar-refractivity contribution in [2.24, 2.45) is 5.41 Å². The molecule has 2 heteroatoms. The normalized spacial score (nSPS) is 33.2. The molecule has 1 rings (SSSR count). The van der Waals surface area contributed by atoms with Crippen molar-refractivity contribution >= 4 is 0 Å². The molecule has 0 aliphatic carbocycles. The minimum Gasteiger partial charge on any atom is -0.380 e. The highest BCUT2D eigenvalue weighted by molar-refractivity contribution is 4.78. The molecule has 0 saturated carbocycles. The molecule has 0 radical (unpaired) electrons. The molecular formula is C10H21NO. The van der Waals surface area contributed by atoms with Crippen LogP contribution in [0.15, 0.2) is 0 Å². The highest BCUT2D eigenvalue weighted by Crippen LogP contribution is 2.24. The number of nitrogens with zero attached hydrogens (tertiary/aromatic N) is 1. The summed E-state index contributed by atoms with van der Waals surface area (Å²) in [5.74, 6) is 0. The maximum atomic E-state index is 5.59. The van der Waals surface area contributed by atoms with E-state index in [0.29, 0.717) is 5.41 Å². The second-order valence-electron chi connectivity index (χ2n) is 4.09. The second kappa shape index (κ2) is 4.24. The number of ether oxygens (including phenoxy) is 1. The van der Waals surface area contributed by atoms with E-state index in [4.69, 9.17) is 4.74 Å². The molecule has 1 atom stereocenters. The molecule has 72 valence electrons. The van der Waals surface area contributed by atoms with E-state index in [-0.39, 0.29) is 0 Å². The fraction of sp³-hybridized carbons (Fsp3) is 1.00. The van der Waals surface area contributed by atoms with E-state index in [1.54, 1.807) is 0 Å². The van der Waals surface area contributed by atoms with Gasteiger partial charge in [-0.1, -0.05) is 20.8 Å². The molecule has 0 bridgehead atoms. The van der Waals surface area contributed by atoms with Crippen LogP contribution in [0.5, 0.6) is 0 Å². The van der Waals surface area contributed by atoms with Crippen LogP contribution in [0.2, 0.25) is 0 Å². The summed E-state index contributed by atoms with van der Waals surface area (Å²) in [6.07, 6.45) is 1.21. The van der Waals surface area contributed by atoms with Crippen molar-refractivity contribution in [3.8, 4) is 0 Å². The van der Waals surface area contributed by atoms with Crippen molar-refractivity contribution < 1.29 is 4.74 Å². The van der Waals surface area contributed by atoms with Gasteiger partial charge in [0.1, 0.15) is 0 Å². The molecule has 1 fully saturated rings. The number of hydrogen-bond donors (Lipinski definition) is 0. The summed E-state index contributed by atoms with van der Waals surface area (Å²) in [5, 5.41) is 0. The van der Waals surface area contributed by atoms with Gasteiger partial charge in [-0.3, -0.25) is 0 Å². The van der Waals surface area contributed by atoms with Crippen molar-refractivity contribution in [3.05, 3.63) is 0 Å². The molecule has 0 N–H and O–H groups in total. The predicted molar refractivity (Wildman–Crippen MR) is 51.3 cm³/mol. The van der Waals surface area contributed by atoms with Crippen molar-refractivity contribution in [2.45, 2.75) is 27.2 Å². The third-order valence-corrected chi connectivity index (χ3v) is 2.91. The average molecular weight is 171 g/mol. The molecule has 0 aromatic rings. The summed E-state index contributed by atoms with van der Waals surface area (Å²) < 4.78 is 5.59. The lowest BCUT2D eigenvalue weighted by Crippen LogP contribution is -2.35. The van der Waals surface area contributed by atoms with Crippen LogP contribution < -0.4 is 0 Å². The standard InChI is InChI=1S/C10H21NO/c1-4-10(3)8-11(5-2)6-7-12-9-10/h4-9H2,1-3H3/t10-/m0/s1. The molecule has 1 aliphatic heterocycles. The van der Waals surface area contributed by atoms with E-state index in [9.17, 15) is 0 Å². The summed E-state index contributed by atoms with van der Waals surface area (Å²) in [6.45, 7) is 12.1. The van der Waals surface area contributed by atoms with Gasteiger partial charge in [0.15, 0.2) is 0 Å². The topological polar surface area (TPSA) is 12.5 Å². The highest BCUT2D eigenvalue weighted by Gasteiger charge is 2.27. The zero-order valence-electron chi connectivity index (χ0n) is 8.60. The van der Waals surface area contributed by atoms with Crippen LogP contribution >= 0.6 is 0 Å². The first-order chi connectivity index (χ1) is 5.70. The Morgan fingerprint density at radius 3 is 2.75 bits per heavy atom. The van der Waals surface area contributed by atoms with Gasteiger partial charge in [-0.25, -0.2) is 0 Å². The zero-order valence-corrected chi connectivity index (χ0v) is 8.60. The molecular weight excluding hydrogens is 150 g/mol. The van der Waals surface area contributed by atoms with Gasteiger partial charge in [0, 0.05) is 18.5 Å². The largest absolute Gasteiger partial charge is 0.380 e. The third-order valence-electron chi connectivity index (χ3n) is 2.91. The highest BCUT2D eigenvalue weighted by atomic mass is 16.5. The van der Waals surface area contributed by atoms with Gasteiger partial charge in [0.25, 0.3) is 0 Å². The Morgan fingerprint density at radius 2 is 2.17 bits per heavy atom. The first kappa shape index (κ1) is 10.0. The van der Waals surface area contributed by atoms with Crippen LogP contribution in [0.3, 0.4) is 0 Å². The van der Waals surface area contributed by atoms with Gasteiger partial charge >= 0.3 is 0 Å². The van der Waals surface area contributed by atoms with Gasteiger partial charge in [0.2, 0.25) is 0 Å². The molecule has 0 unspecified atom stereocenters. The Kier molecular flexibility index (Phi) is 3.53. The Hall–Kier alpha value is -0.0800. The average Bonchev–Trinajstić information content (AvgIpc) is 2.28. The first-order valence-electron chi connectivity index (χ1n) is 5.00. The molecule has 0 aromatic heterocycles. The first-order valence-corrected chi connectivity index (χ1v) is 5.00. The molecule has 0 aromatic carbocycles.